The first kappa shape index (κ1) is 19.2. The van der Waals surface area contributed by atoms with Gasteiger partial charge in [-0.3, -0.25) is 15.0 Å². The van der Waals surface area contributed by atoms with E-state index in [1.807, 2.05) is 19.1 Å². The Morgan fingerprint density at radius 3 is 2.57 bits per heavy atom. The first-order valence-electron chi connectivity index (χ1n) is 8.95. The van der Waals surface area contributed by atoms with Crippen LogP contribution in [-0.2, 0) is 16.0 Å². The molecule has 1 N–H and O–H groups in total. The molecule has 0 atom stereocenters. The third kappa shape index (κ3) is 3.76. The third-order valence-corrected chi connectivity index (χ3v) is 4.24. The maximum atomic E-state index is 12.8. The summed E-state index contributed by atoms with van der Waals surface area (Å²) in [5.41, 5.74) is 4.79. The normalized spacial score (nSPS) is 14.9. The van der Waals surface area contributed by atoms with Crippen molar-refractivity contribution in [1.82, 2.24) is 5.43 Å². The van der Waals surface area contributed by atoms with Crippen LogP contribution in [-0.4, -0.2) is 25.5 Å². The van der Waals surface area contributed by atoms with Crippen LogP contribution in [0.5, 0.6) is 11.5 Å². The standard InChI is InChI=1S/C22H22N2O4/c1-4-9-16-12-15(14-19(27-3)20(16)28-5-2)13-18-21(25)23-24(22(18)26)17-10-7-6-8-11-17/h4,6-8,10-14H,1,5,9H2,2-3H3,(H,23,25)/b18-13-. The van der Waals surface area contributed by atoms with Crippen LogP contribution in [0.3, 0.4) is 0 Å². The van der Waals surface area contributed by atoms with Crippen molar-refractivity contribution in [2.24, 2.45) is 0 Å². The van der Waals surface area contributed by atoms with E-state index in [1.165, 1.54) is 5.01 Å². The van der Waals surface area contributed by atoms with Crippen LogP contribution < -0.4 is 19.9 Å². The molecule has 6 nitrogen and oxygen atoms in total. The molecule has 2 aromatic carbocycles. The van der Waals surface area contributed by atoms with E-state index in [-0.39, 0.29) is 5.57 Å². The average molecular weight is 378 g/mol. The molecular formula is C22H22N2O4. The summed E-state index contributed by atoms with van der Waals surface area (Å²) in [6.45, 7) is 6.17. The van der Waals surface area contributed by atoms with E-state index < -0.39 is 11.8 Å². The molecule has 6 heteroatoms. The van der Waals surface area contributed by atoms with Gasteiger partial charge in [-0.2, -0.15) is 0 Å². The molecule has 0 aromatic heterocycles. The van der Waals surface area contributed by atoms with E-state index in [0.29, 0.717) is 35.8 Å². The van der Waals surface area contributed by atoms with E-state index in [1.54, 1.807) is 49.6 Å². The van der Waals surface area contributed by atoms with Gasteiger partial charge in [-0.1, -0.05) is 24.3 Å². The van der Waals surface area contributed by atoms with Gasteiger partial charge in [-0.05, 0) is 49.2 Å². The molecule has 3 rings (SSSR count). The Hall–Kier alpha value is -3.54. The molecule has 2 aromatic rings. The van der Waals surface area contributed by atoms with Gasteiger partial charge in [0.2, 0.25) is 0 Å². The van der Waals surface area contributed by atoms with Crippen molar-refractivity contribution >= 4 is 23.6 Å². The maximum Gasteiger partial charge on any atom is 0.282 e. The number of nitrogens with one attached hydrogen (secondary N) is 1. The molecule has 144 valence electrons. The quantitative estimate of drug-likeness (QED) is 0.456. The van der Waals surface area contributed by atoms with Crippen molar-refractivity contribution < 1.29 is 19.1 Å². The summed E-state index contributed by atoms with van der Waals surface area (Å²) < 4.78 is 11.2. The number of rotatable bonds is 7. The zero-order chi connectivity index (χ0) is 20.1. The summed E-state index contributed by atoms with van der Waals surface area (Å²) in [5.74, 6) is 0.320. The van der Waals surface area contributed by atoms with Gasteiger partial charge in [0, 0.05) is 5.56 Å². The second-order valence-corrected chi connectivity index (χ2v) is 6.11. The van der Waals surface area contributed by atoms with E-state index in [4.69, 9.17) is 9.47 Å². The van der Waals surface area contributed by atoms with Crippen LogP contribution in [0.1, 0.15) is 18.1 Å². The third-order valence-electron chi connectivity index (χ3n) is 4.24. The zero-order valence-electron chi connectivity index (χ0n) is 15.9. The van der Waals surface area contributed by atoms with Gasteiger partial charge in [0.05, 0.1) is 19.4 Å². The largest absolute Gasteiger partial charge is 0.493 e. The van der Waals surface area contributed by atoms with Crippen LogP contribution in [0.15, 0.2) is 60.7 Å². The van der Waals surface area contributed by atoms with Gasteiger partial charge >= 0.3 is 0 Å². The topological polar surface area (TPSA) is 67.9 Å². The van der Waals surface area contributed by atoms with Crippen molar-refractivity contribution in [2.45, 2.75) is 13.3 Å². The van der Waals surface area contributed by atoms with Gasteiger partial charge in [-0.25, -0.2) is 5.01 Å². The van der Waals surface area contributed by atoms with Crippen LogP contribution >= 0.6 is 0 Å². The van der Waals surface area contributed by atoms with Crippen LogP contribution in [0.2, 0.25) is 0 Å². The highest BCUT2D eigenvalue weighted by Gasteiger charge is 2.34. The monoisotopic (exact) mass is 378 g/mol. The molecule has 1 aliphatic rings. The van der Waals surface area contributed by atoms with Gasteiger partial charge in [0.25, 0.3) is 11.8 Å². The summed E-state index contributed by atoms with van der Waals surface area (Å²) in [4.78, 5) is 25.2. The highest BCUT2D eigenvalue weighted by molar-refractivity contribution is 6.31. The number of methoxy groups -OCH3 is 1. The minimum absolute atomic E-state index is 0.0552. The number of hydrogen-bond acceptors (Lipinski definition) is 4. The molecule has 2 amide bonds. The SMILES string of the molecule is C=CCc1cc(/C=C2/C(=O)NN(c3ccccc3)C2=O)cc(OC)c1OCC. The molecule has 0 unspecified atom stereocenters. The Kier molecular flexibility index (Phi) is 5.79. The molecule has 0 saturated carbocycles. The predicted octanol–water partition coefficient (Wildman–Crippen LogP) is 3.28. The second-order valence-electron chi connectivity index (χ2n) is 6.11. The highest BCUT2D eigenvalue weighted by atomic mass is 16.5. The van der Waals surface area contributed by atoms with Crippen molar-refractivity contribution in [2.75, 3.05) is 18.7 Å². The van der Waals surface area contributed by atoms with Crippen molar-refractivity contribution in [1.29, 1.82) is 0 Å². The van der Waals surface area contributed by atoms with E-state index in [0.717, 1.165) is 5.56 Å². The number of anilines is 1. The predicted molar refractivity (Wildman–Crippen MR) is 108 cm³/mol. The van der Waals surface area contributed by atoms with Crippen molar-refractivity contribution in [3.05, 3.63) is 71.8 Å². The Morgan fingerprint density at radius 1 is 1.18 bits per heavy atom. The maximum absolute atomic E-state index is 12.8. The molecule has 1 heterocycles. The minimum atomic E-state index is -0.452. The fourth-order valence-corrected chi connectivity index (χ4v) is 3.02. The molecule has 0 aliphatic carbocycles. The first-order valence-corrected chi connectivity index (χ1v) is 8.95. The van der Waals surface area contributed by atoms with E-state index >= 15 is 0 Å². The number of benzene rings is 2. The number of carbonyl (C=O) groups excluding carboxylic acids is 2. The van der Waals surface area contributed by atoms with E-state index in [2.05, 4.69) is 12.0 Å². The lowest BCUT2D eigenvalue weighted by Gasteiger charge is -2.15. The lowest BCUT2D eigenvalue weighted by atomic mass is 10.0. The van der Waals surface area contributed by atoms with E-state index in [9.17, 15) is 9.59 Å². The Labute approximate surface area is 164 Å². The van der Waals surface area contributed by atoms with Gasteiger partial charge in [0.1, 0.15) is 5.57 Å². The highest BCUT2D eigenvalue weighted by Crippen LogP contribution is 2.34. The average Bonchev–Trinajstić information content (AvgIpc) is 2.99. The van der Waals surface area contributed by atoms with Crippen LogP contribution in [0.25, 0.3) is 6.08 Å². The fourth-order valence-electron chi connectivity index (χ4n) is 3.02. The molecule has 0 radical (unpaired) electrons. The zero-order valence-corrected chi connectivity index (χ0v) is 15.9. The van der Waals surface area contributed by atoms with Crippen LogP contribution in [0, 0.1) is 0 Å². The Morgan fingerprint density at radius 2 is 1.93 bits per heavy atom. The molecule has 0 spiro atoms. The number of allylic oxidation sites excluding steroid dienone is 1. The first-order chi connectivity index (χ1) is 13.6. The molecule has 1 fully saturated rings. The smallest absolute Gasteiger partial charge is 0.282 e. The molecule has 1 saturated heterocycles. The lowest BCUT2D eigenvalue weighted by Crippen LogP contribution is -2.35. The summed E-state index contributed by atoms with van der Waals surface area (Å²) in [6, 6.07) is 12.6. The summed E-state index contributed by atoms with van der Waals surface area (Å²) >= 11 is 0. The molecule has 28 heavy (non-hydrogen) atoms. The minimum Gasteiger partial charge on any atom is -0.493 e. The Balaban J connectivity index is 2.00. The summed E-state index contributed by atoms with van der Waals surface area (Å²) in [6.07, 6.45) is 3.89. The lowest BCUT2D eigenvalue weighted by molar-refractivity contribution is -0.117. The van der Waals surface area contributed by atoms with Crippen molar-refractivity contribution in [3.8, 4) is 11.5 Å². The van der Waals surface area contributed by atoms with Gasteiger partial charge in [0.15, 0.2) is 11.5 Å². The number of para-hydroxylation sites is 1. The second kappa shape index (κ2) is 8.43. The molecule has 1 aliphatic heterocycles. The Bertz CT molecular complexity index is 935. The summed E-state index contributed by atoms with van der Waals surface area (Å²) in [5, 5.41) is 1.24. The number of nitrogens with zero attached hydrogens (tertiary/aromatic N) is 1. The fraction of sp³-hybridized carbons (Fsp3) is 0.182. The number of amides is 2. The number of ether oxygens (including phenoxy) is 2. The van der Waals surface area contributed by atoms with Gasteiger partial charge < -0.3 is 9.47 Å². The number of carbonyl (C=O) groups is 2. The molecular weight excluding hydrogens is 356 g/mol. The van der Waals surface area contributed by atoms with Crippen molar-refractivity contribution in [3.63, 3.8) is 0 Å². The van der Waals surface area contributed by atoms with Gasteiger partial charge in [-0.15, -0.1) is 6.58 Å². The van der Waals surface area contributed by atoms with Crippen LogP contribution in [0.4, 0.5) is 5.69 Å². The number of hydrazine groups is 1. The number of hydrogen-bond donors (Lipinski definition) is 1. The molecule has 0 bridgehead atoms. The summed E-state index contributed by atoms with van der Waals surface area (Å²) in [7, 11) is 1.55.